The van der Waals surface area contributed by atoms with Crippen LogP contribution in [-0.2, 0) is 9.59 Å². The molecule has 1 atom stereocenters. The summed E-state index contributed by atoms with van der Waals surface area (Å²) in [5.74, 6) is -0.252. The van der Waals surface area contributed by atoms with Crippen molar-refractivity contribution in [1.29, 1.82) is 0 Å². The van der Waals surface area contributed by atoms with E-state index < -0.39 is 12.0 Å². The average Bonchev–Trinajstić information content (AvgIpc) is 2.58. The molecule has 2 rings (SSSR count). The summed E-state index contributed by atoms with van der Waals surface area (Å²) in [6.45, 7) is 3.00. The van der Waals surface area contributed by atoms with Crippen LogP contribution < -0.4 is 20.7 Å². The first-order chi connectivity index (χ1) is 12.7. The standard InChI is InChI=1S/C18H17Cl2N3O3S/c1-10(26-16-8-3-12(19)9-15(16)20)17(25)23-18(27)22-14-6-4-13(5-7-14)21-11(2)24/h3-10H,1-2H3,(H,21,24)(H2,22,23,25,27). The fraction of sp³-hybridized carbons (Fsp3) is 0.167. The van der Waals surface area contributed by atoms with E-state index in [1.54, 1.807) is 43.3 Å². The van der Waals surface area contributed by atoms with Crippen LogP contribution in [0.2, 0.25) is 10.0 Å². The summed E-state index contributed by atoms with van der Waals surface area (Å²) in [4.78, 5) is 23.2. The van der Waals surface area contributed by atoms with E-state index in [0.29, 0.717) is 27.2 Å². The molecule has 3 N–H and O–H groups in total. The van der Waals surface area contributed by atoms with Crippen LogP contribution in [0, 0.1) is 0 Å². The number of hydrogen-bond acceptors (Lipinski definition) is 4. The zero-order chi connectivity index (χ0) is 20.0. The molecule has 6 nitrogen and oxygen atoms in total. The smallest absolute Gasteiger partial charge is 0.266 e. The van der Waals surface area contributed by atoms with Crippen LogP contribution in [0.4, 0.5) is 11.4 Å². The molecule has 2 aromatic carbocycles. The number of thiocarbonyl (C=S) groups is 1. The Labute approximate surface area is 172 Å². The normalized spacial score (nSPS) is 11.3. The molecular weight excluding hydrogens is 409 g/mol. The van der Waals surface area contributed by atoms with Crippen LogP contribution in [0.3, 0.4) is 0 Å². The predicted molar refractivity (Wildman–Crippen MR) is 112 cm³/mol. The number of anilines is 2. The minimum absolute atomic E-state index is 0.116. The Morgan fingerprint density at radius 1 is 1.04 bits per heavy atom. The van der Waals surface area contributed by atoms with Gasteiger partial charge in [-0.2, -0.15) is 0 Å². The lowest BCUT2D eigenvalue weighted by atomic mass is 10.3. The van der Waals surface area contributed by atoms with Crippen molar-refractivity contribution in [3.05, 3.63) is 52.5 Å². The monoisotopic (exact) mass is 425 g/mol. The molecule has 0 aliphatic rings. The number of ether oxygens (including phenoxy) is 1. The second-order valence-corrected chi connectivity index (χ2v) is 6.79. The number of rotatable bonds is 5. The van der Waals surface area contributed by atoms with Crippen molar-refractivity contribution in [1.82, 2.24) is 5.32 Å². The third-order valence-corrected chi connectivity index (χ3v) is 4.00. The van der Waals surface area contributed by atoms with Gasteiger partial charge in [0.1, 0.15) is 5.75 Å². The zero-order valence-electron chi connectivity index (χ0n) is 14.5. The molecule has 27 heavy (non-hydrogen) atoms. The molecule has 0 radical (unpaired) electrons. The van der Waals surface area contributed by atoms with E-state index in [1.807, 2.05) is 0 Å². The van der Waals surface area contributed by atoms with Crippen molar-refractivity contribution in [2.45, 2.75) is 20.0 Å². The number of halogens is 2. The molecule has 0 saturated carbocycles. The fourth-order valence-electron chi connectivity index (χ4n) is 2.03. The van der Waals surface area contributed by atoms with Crippen LogP contribution in [0.5, 0.6) is 5.75 Å². The van der Waals surface area contributed by atoms with E-state index >= 15 is 0 Å². The Bertz CT molecular complexity index is 859. The number of carbonyl (C=O) groups excluding carboxylic acids is 2. The van der Waals surface area contributed by atoms with Gasteiger partial charge in [-0.15, -0.1) is 0 Å². The van der Waals surface area contributed by atoms with Gasteiger partial charge < -0.3 is 15.4 Å². The largest absolute Gasteiger partial charge is 0.479 e. The molecule has 1 unspecified atom stereocenters. The summed E-state index contributed by atoms with van der Waals surface area (Å²) >= 11 is 17.0. The Hall–Kier alpha value is -2.35. The molecule has 2 aromatic rings. The highest BCUT2D eigenvalue weighted by atomic mass is 35.5. The summed E-state index contributed by atoms with van der Waals surface area (Å²) in [5.41, 5.74) is 1.31. The molecule has 0 aliphatic heterocycles. The van der Waals surface area contributed by atoms with Crippen molar-refractivity contribution in [2.75, 3.05) is 10.6 Å². The first-order valence-electron chi connectivity index (χ1n) is 7.86. The van der Waals surface area contributed by atoms with Crippen molar-refractivity contribution < 1.29 is 14.3 Å². The number of benzene rings is 2. The molecule has 0 bridgehead atoms. The van der Waals surface area contributed by atoms with Crippen molar-refractivity contribution in [3.63, 3.8) is 0 Å². The summed E-state index contributed by atoms with van der Waals surface area (Å²) in [7, 11) is 0. The van der Waals surface area contributed by atoms with Crippen molar-refractivity contribution in [3.8, 4) is 5.75 Å². The van der Waals surface area contributed by atoms with E-state index in [-0.39, 0.29) is 11.0 Å². The molecule has 0 heterocycles. The molecule has 0 spiro atoms. The maximum atomic E-state index is 12.2. The maximum Gasteiger partial charge on any atom is 0.266 e. The molecular formula is C18H17Cl2N3O3S. The molecule has 9 heteroatoms. The van der Waals surface area contributed by atoms with Gasteiger partial charge in [0.25, 0.3) is 5.91 Å². The molecule has 0 aliphatic carbocycles. The van der Waals surface area contributed by atoms with Crippen molar-refractivity contribution >= 4 is 63.7 Å². The van der Waals surface area contributed by atoms with E-state index in [1.165, 1.54) is 13.0 Å². The van der Waals surface area contributed by atoms with Gasteiger partial charge in [0, 0.05) is 23.3 Å². The number of carbonyl (C=O) groups is 2. The SMILES string of the molecule is CC(=O)Nc1ccc(NC(=S)NC(=O)C(C)Oc2ccc(Cl)cc2Cl)cc1. The molecule has 0 saturated heterocycles. The quantitative estimate of drug-likeness (QED) is 0.624. The Morgan fingerprint density at radius 2 is 1.63 bits per heavy atom. The van der Waals surface area contributed by atoms with Crippen LogP contribution in [0.1, 0.15) is 13.8 Å². The number of nitrogens with one attached hydrogen (secondary N) is 3. The van der Waals surface area contributed by atoms with Gasteiger partial charge in [0.2, 0.25) is 5.91 Å². The lowest BCUT2D eigenvalue weighted by Gasteiger charge is -2.16. The Morgan fingerprint density at radius 3 is 2.19 bits per heavy atom. The minimum Gasteiger partial charge on any atom is -0.479 e. The first kappa shape index (κ1) is 21.0. The summed E-state index contributed by atoms with van der Waals surface area (Å²) in [6, 6.07) is 11.6. The van der Waals surface area contributed by atoms with Gasteiger partial charge in [0.05, 0.1) is 5.02 Å². The molecule has 2 amide bonds. The average molecular weight is 426 g/mol. The van der Waals surface area contributed by atoms with Gasteiger partial charge in [0.15, 0.2) is 11.2 Å². The van der Waals surface area contributed by atoms with E-state index in [0.717, 1.165) is 0 Å². The second kappa shape index (κ2) is 9.55. The highest BCUT2D eigenvalue weighted by Crippen LogP contribution is 2.28. The van der Waals surface area contributed by atoms with Gasteiger partial charge in [-0.05, 0) is 61.6 Å². The summed E-state index contributed by atoms with van der Waals surface area (Å²) in [5, 5.41) is 8.98. The van der Waals surface area contributed by atoms with E-state index in [2.05, 4.69) is 16.0 Å². The zero-order valence-corrected chi connectivity index (χ0v) is 16.8. The second-order valence-electron chi connectivity index (χ2n) is 5.54. The third kappa shape index (κ3) is 6.71. The van der Waals surface area contributed by atoms with Gasteiger partial charge in [-0.3, -0.25) is 14.9 Å². The Kier molecular flexibility index (Phi) is 7.41. The molecule has 0 aromatic heterocycles. The minimum atomic E-state index is -0.828. The fourth-order valence-corrected chi connectivity index (χ4v) is 2.70. The summed E-state index contributed by atoms with van der Waals surface area (Å²) in [6.07, 6.45) is -0.828. The van der Waals surface area contributed by atoms with Crippen LogP contribution >= 0.6 is 35.4 Å². The van der Waals surface area contributed by atoms with Crippen LogP contribution in [0.15, 0.2) is 42.5 Å². The first-order valence-corrected chi connectivity index (χ1v) is 9.02. The number of hydrogen-bond donors (Lipinski definition) is 3. The lowest BCUT2D eigenvalue weighted by Crippen LogP contribution is -2.42. The Balaban J connectivity index is 1.88. The maximum absolute atomic E-state index is 12.2. The third-order valence-electron chi connectivity index (χ3n) is 3.27. The van der Waals surface area contributed by atoms with E-state index in [4.69, 9.17) is 40.2 Å². The topological polar surface area (TPSA) is 79.5 Å². The van der Waals surface area contributed by atoms with Gasteiger partial charge >= 0.3 is 0 Å². The number of amides is 2. The highest BCUT2D eigenvalue weighted by Gasteiger charge is 2.17. The molecule has 142 valence electrons. The van der Waals surface area contributed by atoms with Gasteiger partial charge in [-0.25, -0.2) is 0 Å². The lowest BCUT2D eigenvalue weighted by molar-refractivity contribution is -0.125. The van der Waals surface area contributed by atoms with E-state index in [9.17, 15) is 9.59 Å². The summed E-state index contributed by atoms with van der Waals surface area (Å²) < 4.78 is 5.54. The van der Waals surface area contributed by atoms with Crippen LogP contribution in [0.25, 0.3) is 0 Å². The van der Waals surface area contributed by atoms with Crippen LogP contribution in [-0.4, -0.2) is 23.0 Å². The van der Waals surface area contributed by atoms with Crippen molar-refractivity contribution in [2.24, 2.45) is 0 Å². The predicted octanol–water partition coefficient (Wildman–Crippen LogP) is 4.23. The molecule has 0 fully saturated rings. The highest BCUT2D eigenvalue weighted by molar-refractivity contribution is 7.80. The van der Waals surface area contributed by atoms with Gasteiger partial charge in [-0.1, -0.05) is 23.2 Å².